The van der Waals surface area contributed by atoms with E-state index in [2.05, 4.69) is 34.1 Å². The van der Waals surface area contributed by atoms with E-state index in [1.54, 1.807) is 18.2 Å². The van der Waals surface area contributed by atoms with Crippen LogP contribution in [-0.4, -0.2) is 60.9 Å². The summed E-state index contributed by atoms with van der Waals surface area (Å²) in [6.45, 7) is 7.62. The number of para-hydroxylation sites is 1. The van der Waals surface area contributed by atoms with E-state index in [1.165, 1.54) is 111 Å². The average molecular weight is 683 g/mol. The molecule has 0 spiro atoms. The third kappa shape index (κ3) is 7.61. The highest BCUT2D eigenvalue weighted by atomic mass is 16.5. The lowest BCUT2D eigenvalue weighted by molar-refractivity contribution is 0.0926. The molecular formula is C44H50N4O3. The minimum atomic E-state index is -0.291. The topological polar surface area (TPSA) is 79.1 Å². The summed E-state index contributed by atoms with van der Waals surface area (Å²) in [6, 6.07) is 27.1. The molecular weight excluding hydrogens is 633 g/mol. The molecule has 3 heterocycles. The molecule has 3 aliphatic heterocycles. The molecule has 0 radical (unpaired) electrons. The predicted molar refractivity (Wildman–Crippen MR) is 204 cm³/mol. The van der Waals surface area contributed by atoms with E-state index in [-0.39, 0.29) is 11.8 Å². The average Bonchev–Trinajstić information content (AvgIpc) is 3.91. The largest absolute Gasteiger partial charge is 0.457 e. The second-order valence-electron chi connectivity index (χ2n) is 15.3. The number of rotatable bonds is 7. The van der Waals surface area contributed by atoms with Crippen molar-refractivity contribution >= 4 is 23.2 Å². The van der Waals surface area contributed by atoms with Crippen molar-refractivity contribution in [3.05, 3.63) is 118 Å². The predicted octanol–water partition coefficient (Wildman–Crippen LogP) is 7.95. The van der Waals surface area contributed by atoms with Gasteiger partial charge in [0.1, 0.15) is 11.5 Å². The van der Waals surface area contributed by atoms with Crippen molar-refractivity contribution in [1.29, 1.82) is 0 Å². The molecule has 264 valence electrons. The zero-order valence-electron chi connectivity index (χ0n) is 29.7. The van der Waals surface area contributed by atoms with Gasteiger partial charge in [0.15, 0.2) is 0 Å². The second-order valence-corrected chi connectivity index (χ2v) is 15.3. The van der Waals surface area contributed by atoms with Crippen molar-refractivity contribution in [2.75, 3.05) is 49.9 Å². The fourth-order valence-corrected chi connectivity index (χ4v) is 8.92. The van der Waals surface area contributed by atoms with Gasteiger partial charge < -0.3 is 20.3 Å². The minimum Gasteiger partial charge on any atom is -0.457 e. The van der Waals surface area contributed by atoms with E-state index in [0.29, 0.717) is 34.2 Å². The molecule has 2 amide bonds. The first-order valence-electron chi connectivity index (χ1n) is 19.2. The summed E-state index contributed by atoms with van der Waals surface area (Å²) in [6.07, 6.45) is 12.5. The first-order chi connectivity index (χ1) is 25.0. The maximum atomic E-state index is 13.3. The Kier molecular flexibility index (Phi) is 9.92. The number of nitrogen functional groups attached to an aromatic ring is 1. The van der Waals surface area contributed by atoms with Crippen LogP contribution in [0, 0.1) is 11.8 Å². The molecule has 4 aromatic rings. The molecule has 9 rings (SSSR count). The molecule has 2 unspecified atom stereocenters. The molecule has 7 nitrogen and oxygen atoms in total. The van der Waals surface area contributed by atoms with Crippen LogP contribution in [0.25, 0.3) is 0 Å². The first-order valence-corrected chi connectivity index (χ1v) is 19.2. The summed E-state index contributed by atoms with van der Waals surface area (Å²) >= 11 is 0. The molecule has 2 aliphatic carbocycles. The molecule has 5 aliphatic rings. The Balaban J connectivity index is 0.000000184. The molecule has 2 N–H and O–H groups in total. The van der Waals surface area contributed by atoms with Crippen LogP contribution in [-0.2, 0) is 25.7 Å². The van der Waals surface area contributed by atoms with Crippen molar-refractivity contribution < 1.29 is 14.3 Å². The van der Waals surface area contributed by atoms with Crippen LogP contribution in [0.3, 0.4) is 0 Å². The van der Waals surface area contributed by atoms with Gasteiger partial charge in [-0.05, 0) is 179 Å². The molecule has 7 heteroatoms. The summed E-state index contributed by atoms with van der Waals surface area (Å²) in [5, 5.41) is 0. The SMILES string of the molecule is Nc1ccc2c(c1)CCC(CN1CCCC1)C2.O=C1c2ccc(Oc3ccccc3)cc2C(=O)N1c1ccc2c(c1)CCC(CN1CCCC1)C2. The number of fused-ring (bicyclic) bond motifs is 3. The molecule has 51 heavy (non-hydrogen) atoms. The highest BCUT2D eigenvalue weighted by molar-refractivity contribution is 6.34. The third-order valence-corrected chi connectivity index (χ3v) is 11.6. The molecule has 2 saturated heterocycles. The number of benzene rings is 4. The smallest absolute Gasteiger partial charge is 0.266 e. The molecule has 4 aromatic carbocycles. The number of hydrogen-bond donors (Lipinski definition) is 1. The number of amides is 2. The van der Waals surface area contributed by atoms with Crippen molar-refractivity contribution in [2.45, 2.75) is 64.2 Å². The van der Waals surface area contributed by atoms with E-state index in [9.17, 15) is 9.59 Å². The summed E-state index contributed by atoms with van der Waals surface area (Å²) in [4.78, 5) is 33.0. The van der Waals surface area contributed by atoms with Crippen LogP contribution < -0.4 is 15.4 Å². The Morgan fingerprint density at radius 3 is 1.82 bits per heavy atom. The van der Waals surface area contributed by atoms with Crippen LogP contribution in [0.5, 0.6) is 11.5 Å². The van der Waals surface area contributed by atoms with E-state index < -0.39 is 0 Å². The maximum absolute atomic E-state index is 13.3. The van der Waals surface area contributed by atoms with Gasteiger partial charge in [-0.15, -0.1) is 0 Å². The van der Waals surface area contributed by atoms with E-state index in [1.807, 2.05) is 42.5 Å². The van der Waals surface area contributed by atoms with E-state index in [0.717, 1.165) is 30.9 Å². The summed E-state index contributed by atoms with van der Waals surface area (Å²) in [5.74, 6) is 2.23. The van der Waals surface area contributed by atoms with Crippen molar-refractivity contribution in [2.24, 2.45) is 11.8 Å². The number of nitrogens with zero attached hydrogens (tertiary/aromatic N) is 3. The number of hydrogen-bond acceptors (Lipinski definition) is 6. The molecule has 0 aromatic heterocycles. The monoisotopic (exact) mass is 682 g/mol. The van der Waals surface area contributed by atoms with Gasteiger partial charge in [0.05, 0.1) is 16.8 Å². The van der Waals surface area contributed by atoms with Crippen LogP contribution in [0.2, 0.25) is 0 Å². The van der Waals surface area contributed by atoms with Gasteiger partial charge in [-0.25, -0.2) is 4.90 Å². The number of ether oxygens (including phenoxy) is 1. The third-order valence-electron chi connectivity index (χ3n) is 11.6. The number of carbonyl (C=O) groups is 2. The quantitative estimate of drug-likeness (QED) is 0.158. The van der Waals surface area contributed by atoms with Crippen molar-refractivity contribution in [3.63, 3.8) is 0 Å². The number of imide groups is 1. The van der Waals surface area contributed by atoms with Gasteiger partial charge >= 0.3 is 0 Å². The Bertz CT molecular complexity index is 1880. The molecule has 0 saturated carbocycles. The van der Waals surface area contributed by atoms with E-state index in [4.69, 9.17) is 10.5 Å². The minimum absolute atomic E-state index is 0.270. The Hall–Kier alpha value is -4.46. The van der Waals surface area contributed by atoms with Gasteiger partial charge in [0.2, 0.25) is 0 Å². The van der Waals surface area contributed by atoms with E-state index >= 15 is 0 Å². The fourth-order valence-electron chi connectivity index (χ4n) is 8.92. The number of likely N-dealkylation sites (tertiary alicyclic amines) is 2. The zero-order valence-corrected chi connectivity index (χ0v) is 29.7. The lowest BCUT2D eigenvalue weighted by Gasteiger charge is -2.29. The Labute approximate surface area is 302 Å². The van der Waals surface area contributed by atoms with Crippen LogP contribution in [0.4, 0.5) is 11.4 Å². The maximum Gasteiger partial charge on any atom is 0.266 e. The number of anilines is 2. The number of carbonyl (C=O) groups excluding carboxylic acids is 2. The molecule has 0 bridgehead atoms. The summed E-state index contributed by atoms with van der Waals surface area (Å²) in [5.41, 5.74) is 13.9. The summed E-state index contributed by atoms with van der Waals surface area (Å²) in [7, 11) is 0. The fraction of sp³-hybridized carbons (Fsp3) is 0.409. The van der Waals surface area contributed by atoms with Crippen molar-refractivity contribution in [1.82, 2.24) is 9.80 Å². The number of aryl methyl sites for hydroxylation is 2. The van der Waals surface area contributed by atoms with Crippen molar-refractivity contribution in [3.8, 4) is 11.5 Å². The van der Waals surface area contributed by atoms with Crippen LogP contribution in [0.15, 0.2) is 84.9 Å². The molecule has 2 fully saturated rings. The summed E-state index contributed by atoms with van der Waals surface area (Å²) < 4.78 is 5.87. The highest BCUT2D eigenvalue weighted by Crippen LogP contribution is 2.36. The normalized spacial score (nSPS) is 21.5. The number of nitrogens with two attached hydrogens (primary N) is 1. The lowest BCUT2D eigenvalue weighted by atomic mass is 9.83. The first kappa shape index (κ1) is 33.7. The second kappa shape index (κ2) is 15.0. The van der Waals surface area contributed by atoms with Gasteiger partial charge in [-0.1, -0.05) is 30.3 Å². The zero-order chi connectivity index (χ0) is 34.7. The lowest BCUT2D eigenvalue weighted by Crippen LogP contribution is -2.31. The molecule has 2 atom stereocenters. The van der Waals surface area contributed by atoms with Crippen LogP contribution in [0.1, 0.15) is 81.5 Å². The Morgan fingerprint density at radius 2 is 1.18 bits per heavy atom. The van der Waals surface area contributed by atoms with Gasteiger partial charge in [-0.2, -0.15) is 0 Å². The van der Waals surface area contributed by atoms with Gasteiger partial charge in [-0.3, -0.25) is 9.59 Å². The standard InChI is InChI=1S/C29H28N2O3.C15H22N2/c32-28-26-13-12-25(34-24-6-2-1-3-7-24)18-27(26)29(33)31(28)23-11-10-21-16-20(8-9-22(21)17-23)19-30-14-4-5-15-30;16-15-6-5-13-9-12(3-4-14(13)10-15)11-17-7-1-2-8-17/h1-3,6-7,10-13,17-18,20H,4-5,8-9,14-16,19H2;5-6,10,12H,1-4,7-9,11,16H2. The Morgan fingerprint density at radius 1 is 0.588 bits per heavy atom. The van der Waals surface area contributed by atoms with Crippen LogP contribution >= 0.6 is 0 Å². The van der Waals surface area contributed by atoms with Gasteiger partial charge in [0, 0.05) is 18.8 Å². The van der Waals surface area contributed by atoms with Gasteiger partial charge in [0.25, 0.3) is 11.8 Å². The highest BCUT2D eigenvalue weighted by Gasteiger charge is 2.37.